The summed E-state index contributed by atoms with van der Waals surface area (Å²) in [5.74, 6) is 0.996. The van der Waals surface area contributed by atoms with Crippen molar-refractivity contribution in [3.8, 4) is 0 Å². The quantitative estimate of drug-likeness (QED) is 0.778. The molecule has 3 rings (SSSR count). The average Bonchev–Trinajstić information content (AvgIpc) is 3.24. The zero-order valence-electron chi connectivity index (χ0n) is 12.7. The summed E-state index contributed by atoms with van der Waals surface area (Å²) in [7, 11) is 0. The summed E-state index contributed by atoms with van der Waals surface area (Å²) in [5.41, 5.74) is 2.70. The van der Waals surface area contributed by atoms with Crippen molar-refractivity contribution in [1.82, 2.24) is 14.9 Å². The molecule has 1 saturated carbocycles. The zero-order valence-corrected chi connectivity index (χ0v) is 13.6. The maximum atomic E-state index is 4.31. The molecule has 1 N–H and O–H groups in total. The lowest BCUT2D eigenvalue weighted by Gasteiger charge is -2.14. The van der Waals surface area contributed by atoms with Gasteiger partial charge < -0.3 is 9.88 Å². The molecule has 1 aliphatic rings. The fourth-order valence-corrected chi connectivity index (χ4v) is 3.51. The second-order valence-electron chi connectivity index (χ2n) is 5.66. The van der Waals surface area contributed by atoms with Crippen molar-refractivity contribution in [2.75, 3.05) is 6.54 Å². The van der Waals surface area contributed by atoms with E-state index in [4.69, 9.17) is 0 Å². The van der Waals surface area contributed by atoms with E-state index < -0.39 is 0 Å². The van der Waals surface area contributed by atoms with Gasteiger partial charge in [-0.2, -0.15) is 0 Å². The van der Waals surface area contributed by atoms with E-state index in [0.29, 0.717) is 12.1 Å². The summed E-state index contributed by atoms with van der Waals surface area (Å²) in [6.45, 7) is 5.36. The molecule has 2 aromatic rings. The maximum Gasteiger partial charge on any atom is 0.0951 e. The molecule has 0 amide bonds. The van der Waals surface area contributed by atoms with Crippen molar-refractivity contribution in [2.45, 2.75) is 49.4 Å². The Labute approximate surface area is 131 Å². The molecule has 1 heterocycles. The number of imidazole rings is 1. The first-order valence-electron chi connectivity index (χ1n) is 7.74. The molecule has 4 heteroatoms. The minimum absolute atomic E-state index is 0.410. The molecule has 1 aromatic carbocycles. The van der Waals surface area contributed by atoms with Gasteiger partial charge in [0.1, 0.15) is 0 Å². The van der Waals surface area contributed by atoms with Gasteiger partial charge in [-0.3, -0.25) is 0 Å². The molecular formula is C17H23N3S. The number of nitrogens with one attached hydrogen (secondary N) is 1. The van der Waals surface area contributed by atoms with Crippen LogP contribution in [-0.4, -0.2) is 16.1 Å². The van der Waals surface area contributed by atoms with Crippen LogP contribution < -0.4 is 5.32 Å². The molecule has 1 aromatic heterocycles. The van der Waals surface area contributed by atoms with Gasteiger partial charge in [-0.05, 0) is 44.0 Å². The Bertz CT molecular complexity index is 589. The zero-order chi connectivity index (χ0) is 14.7. The predicted molar refractivity (Wildman–Crippen MR) is 88.6 cm³/mol. The van der Waals surface area contributed by atoms with Gasteiger partial charge in [-0.15, -0.1) is 11.8 Å². The number of rotatable bonds is 7. The molecule has 1 unspecified atom stereocenters. The van der Waals surface area contributed by atoms with E-state index in [1.165, 1.54) is 29.0 Å². The van der Waals surface area contributed by atoms with Crippen LogP contribution in [0.4, 0.5) is 0 Å². The van der Waals surface area contributed by atoms with Gasteiger partial charge in [0.15, 0.2) is 0 Å². The maximum absolute atomic E-state index is 4.31. The summed E-state index contributed by atoms with van der Waals surface area (Å²) in [5, 5.41) is 3.47. The lowest BCUT2D eigenvalue weighted by atomic mass is 10.1. The normalized spacial score (nSPS) is 16.1. The SMILES string of the molecule is CCNC(C)c1cccc(SCc2cncn2C2CC2)c1. The Kier molecular flexibility index (Phi) is 4.66. The second-order valence-corrected chi connectivity index (χ2v) is 6.71. The van der Waals surface area contributed by atoms with E-state index in [9.17, 15) is 0 Å². The number of thioether (sulfide) groups is 1. The van der Waals surface area contributed by atoms with Crippen LogP contribution >= 0.6 is 11.8 Å². The van der Waals surface area contributed by atoms with Crippen LogP contribution in [0.15, 0.2) is 41.7 Å². The van der Waals surface area contributed by atoms with Crippen LogP contribution in [0.2, 0.25) is 0 Å². The van der Waals surface area contributed by atoms with Gasteiger partial charge in [0.25, 0.3) is 0 Å². The molecular weight excluding hydrogens is 278 g/mol. The van der Waals surface area contributed by atoms with Crippen LogP contribution in [0.5, 0.6) is 0 Å². The van der Waals surface area contributed by atoms with Gasteiger partial charge in [-0.1, -0.05) is 19.1 Å². The summed E-state index contributed by atoms with van der Waals surface area (Å²) >= 11 is 1.90. The minimum atomic E-state index is 0.410. The van der Waals surface area contributed by atoms with E-state index in [2.05, 4.69) is 53.0 Å². The largest absolute Gasteiger partial charge is 0.331 e. The molecule has 21 heavy (non-hydrogen) atoms. The van der Waals surface area contributed by atoms with Gasteiger partial charge in [0.2, 0.25) is 0 Å². The van der Waals surface area contributed by atoms with E-state index >= 15 is 0 Å². The summed E-state index contributed by atoms with van der Waals surface area (Å²) in [6, 6.07) is 9.98. The van der Waals surface area contributed by atoms with Gasteiger partial charge in [-0.25, -0.2) is 4.98 Å². The minimum Gasteiger partial charge on any atom is -0.331 e. The Morgan fingerprint density at radius 2 is 2.29 bits per heavy atom. The third kappa shape index (κ3) is 3.69. The molecule has 1 aliphatic carbocycles. The van der Waals surface area contributed by atoms with Crippen molar-refractivity contribution < 1.29 is 0 Å². The molecule has 0 saturated heterocycles. The Hall–Kier alpha value is -1.26. The fraction of sp³-hybridized carbons (Fsp3) is 0.471. The van der Waals surface area contributed by atoms with Crippen LogP contribution in [0, 0.1) is 0 Å². The van der Waals surface area contributed by atoms with Gasteiger partial charge >= 0.3 is 0 Å². The van der Waals surface area contributed by atoms with Crippen molar-refractivity contribution >= 4 is 11.8 Å². The molecule has 0 aliphatic heterocycles. The van der Waals surface area contributed by atoms with E-state index in [0.717, 1.165) is 12.3 Å². The van der Waals surface area contributed by atoms with Crippen molar-refractivity contribution in [3.05, 3.63) is 48.0 Å². The first-order valence-corrected chi connectivity index (χ1v) is 8.73. The Morgan fingerprint density at radius 3 is 3.05 bits per heavy atom. The molecule has 1 atom stereocenters. The van der Waals surface area contributed by atoms with Crippen molar-refractivity contribution in [2.24, 2.45) is 0 Å². The highest BCUT2D eigenvalue weighted by atomic mass is 32.2. The fourth-order valence-electron chi connectivity index (χ4n) is 2.58. The number of hydrogen-bond acceptors (Lipinski definition) is 3. The van der Waals surface area contributed by atoms with Gasteiger partial charge in [0.05, 0.1) is 6.33 Å². The molecule has 112 valence electrons. The molecule has 0 bridgehead atoms. The number of nitrogens with zero attached hydrogens (tertiary/aromatic N) is 2. The van der Waals surface area contributed by atoms with E-state index in [-0.39, 0.29) is 0 Å². The van der Waals surface area contributed by atoms with Crippen LogP contribution in [-0.2, 0) is 5.75 Å². The molecule has 3 nitrogen and oxygen atoms in total. The van der Waals surface area contributed by atoms with Crippen LogP contribution in [0.25, 0.3) is 0 Å². The first kappa shape index (κ1) is 14.7. The number of hydrogen-bond donors (Lipinski definition) is 1. The van der Waals surface area contributed by atoms with E-state index in [1.54, 1.807) is 0 Å². The highest BCUT2D eigenvalue weighted by Gasteiger charge is 2.25. The standard InChI is InChI=1S/C17H23N3S/c1-3-19-13(2)14-5-4-6-17(9-14)21-11-16-10-18-12-20(16)15-7-8-15/h4-6,9-10,12-13,15,19H,3,7-8,11H2,1-2H3. The van der Waals surface area contributed by atoms with Crippen LogP contribution in [0.3, 0.4) is 0 Å². The summed E-state index contributed by atoms with van der Waals surface area (Å²) < 4.78 is 2.35. The van der Waals surface area contributed by atoms with Crippen LogP contribution in [0.1, 0.15) is 50.0 Å². The molecule has 0 spiro atoms. The highest BCUT2D eigenvalue weighted by molar-refractivity contribution is 7.98. The van der Waals surface area contributed by atoms with E-state index in [1.807, 2.05) is 24.3 Å². The monoisotopic (exact) mass is 301 g/mol. The summed E-state index contributed by atoms with van der Waals surface area (Å²) in [6.07, 6.45) is 6.61. The number of benzene rings is 1. The average molecular weight is 301 g/mol. The summed E-state index contributed by atoms with van der Waals surface area (Å²) in [4.78, 5) is 5.64. The highest BCUT2D eigenvalue weighted by Crippen LogP contribution is 2.37. The first-order chi connectivity index (χ1) is 10.3. The smallest absolute Gasteiger partial charge is 0.0951 e. The van der Waals surface area contributed by atoms with Crippen molar-refractivity contribution in [3.63, 3.8) is 0 Å². The molecule has 0 radical (unpaired) electrons. The number of aromatic nitrogens is 2. The lowest BCUT2D eigenvalue weighted by molar-refractivity contribution is 0.597. The third-order valence-corrected chi connectivity index (χ3v) is 4.97. The lowest BCUT2D eigenvalue weighted by Crippen LogP contribution is -2.17. The second kappa shape index (κ2) is 6.67. The van der Waals surface area contributed by atoms with Gasteiger partial charge in [0, 0.05) is 34.6 Å². The molecule has 1 fully saturated rings. The van der Waals surface area contributed by atoms with Crippen molar-refractivity contribution in [1.29, 1.82) is 0 Å². The Morgan fingerprint density at radius 1 is 1.43 bits per heavy atom. The third-order valence-electron chi connectivity index (χ3n) is 3.94. The topological polar surface area (TPSA) is 29.9 Å². The Balaban J connectivity index is 1.64. The predicted octanol–water partition coefficient (Wildman–Crippen LogP) is 4.18.